The number of halogens is 12. The summed E-state index contributed by atoms with van der Waals surface area (Å²) in [4.78, 5) is 106. The molecule has 0 aliphatic carbocycles. The molecule has 6 aromatic rings. The average Bonchev–Trinajstić information content (AvgIpc) is 1.08. The van der Waals surface area contributed by atoms with Gasteiger partial charge in [-0.3, -0.25) is 53.1 Å². The first-order valence-corrected chi connectivity index (χ1v) is 37.1. The van der Waals surface area contributed by atoms with Crippen LogP contribution in [0.25, 0.3) is 0 Å². The quantitative estimate of drug-likeness (QED) is 0.0404. The molecule has 100 heavy (non-hydrogen) atoms. The van der Waals surface area contributed by atoms with Gasteiger partial charge in [0, 0.05) is 26.1 Å². The minimum atomic E-state index is -6.11. The smallest absolute Gasteiger partial charge is 0.411 e. The van der Waals surface area contributed by atoms with Crippen molar-refractivity contribution in [3.63, 3.8) is 0 Å². The van der Waals surface area contributed by atoms with Gasteiger partial charge in [-0.25, -0.2) is 4.90 Å². The summed E-state index contributed by atoms with van der Waals surface area (Å²) in [6, 6.07) is 16.9. The molecule has 0 saturated carbocycles. The average molecular weight is 1440 g/mol. The molecular formula is C71H70F12N4O11Si2. The number of anilines is 1. The molecule has 10 rings (SSSR count). The maximum absolute atomic E-state index is 15.0. The third-order valence-corrected chi connectivity index (χ3v) is 25.7. The zero-order valence-corrected chi connectivity index (χ0v) is 57.9. The summed E-state index contributed by atoms with van der Waals surface area (Å²) in [5, 5.41) is 20.7. The van der Waals surface area contributed by atoms with Gasteiger partial charge in [0.25, 0.3) is 47.3 Å². The summed E-state index contributed by atoms with van der Waals surface area (Å²) in [6.45, 7) is 27.6. The molecule has 0 aromatic heterocycles. The fraction of sp³-hybridized carbons (Fsp3) is 0.324. The van der Waals surface area contributed by atoms with E-state index in [2.05, 4.69) is 46.3 Å². The maximum atomic E-state index is 15.0. The summed E-state index contributed by atoms with van der Waals surface area (Å²) in [6.07, 6.45) is -21.8. The Morgan fingerprint density at radius 2 is 0.710 bits per heavy atom. The Morgan fingerprint density at radius 3 is 1.09 bits per heavy atom. The van der Waals surface area contributed by atoms with Crippen LogP contribution in [0.4, 0.5) is 58.4 Å². The summed E-state index contributed by atoms with van der Waals surface area (Å²) in [5.74, 6) is -8.61. The number of alkyl halides is 12. The first kappa shape index (κ1) is 77.9. The predicted octanol–water partition coefficient (Wildman–Crippen LogP) is 16.3. The van der Waals surface area contributed by atoms with E-state index in [1.54, 1.807) is 32.9 Å². The van der Waals surface area contributed by atoms with Crippen molar-refractivity contribution in [1.82, 2.24) is 14.7 Å². The zero-order chi connectivity index (χ0) is 75.5. The molecule has 0 bridgehead atoms. The molecule has 2 N–H and O–H groups in total. The molecular weight excluding hydrogens is 1370 g/mol. The Balaban J connectivity index is 0.000000269. The molecule has 4 heterocycles. The highest BCUT2D eigenvalue weighted by Gasteiger charge is 2.74. The lowest BCUT2D eigenvalue weighted by Crippen LogP contribution is -2.55. The van der Waals surface area contributed by atoms with E-state index < -0.39 is 161 Å². The Labute approximate surface area is 569 Å². The number of rotatable bonds is 16. The molecule has 15 nitrogen and oxygen atoms in total. The van der Waals surface area contributed by atoms with Gasteiger partial charge in [-0.2, -0.15) is 52.7 Å². The number of benzene rings is 6. The number of carbonyl (C=O) groups is 8. The SMILES string of the molecule is C=C.C=C.CCCC[Si](C)(C)O[Si](C)(C)CCCN1C(=O)c2ccc(C(c3ccc4c(c3)C(=O)N(C)C4=O)(C(F)(F)F)C(F)(F)F)cc2C1=O.Cc1cc(C(C)(C)c2ccc(O)c(N3C(=O)c4ccc(C(c5ccc6c(c5)C(=O)N(C)C6=O)(C(F)(F)F)C(F)(F)F)cc4C3=O)c2)ccc1O. The van der Waals surface area contributed by atoms with Crippen LogP contribution in [0, 0.1) is 6.92 Å². The standard InChI is InChI=1S/C36H26F6N2O6.C31H36F6N2O5Si2.2C2H4/c1-17-13-18(7-11-27(17)45)33(2,3)19-8-12-28(46)26(16-19)44-31(49)23-10-6-21(15-25(23)32(44)50)34(35(37,38)39,36(40,41)42)20-5-9-22-24(14-20)30(48)43(4)29(22)47;1-7-8-15-45(3,4)44-46(5,6)16-9-14-39-27(42)22-13-11-20(18-24(22)28(39)43)29(30(32,33)34,31(35,36)37)19-10-12-21-23(17-19)26(41)38(2)25(21)40;2*1-2/h5-16,45-46H,1-4H3;10-13,17-18H,7-9,14-16H2,1-6H3;2*1-2H2. The Morgan fingerprint density at radius 1 is 0.410 bits per heavy atom. The van der Waals surface area contributed by atoms with Gasteiger partial charge >= 0.3 is 24.7 Å². The van der Waals surface area contributed by atoms with E-state index in [9.17, 15) is 74.9 Å². The lowest BCUT2D eigenvalue weighted by Gasteiger charge is -2.38. The van der Waals surface area contributed by atoms with Gasteiger partial charge in [-0.1, -0.05) is 76.1 Å². The molecule has 8 amide bonds. The van der Waals surface area contributed by atoms with E-state index in [1.807, 2.05) is 13.1 Å². The van der Waals surface area contributed by atoms with Crippen LogP contribution in [0.15, 0.2) is 136 Å². The largest absolute Gasteiger partial charge is 0.508 e. The number of hydrogen-bond acceptors (Lipinski definition) is 11. The summed E-state index contributed by atoms with van der Waals surface area (Å²) in [5.41, 5.74) is -18.7. The summed E-state index contributed by atoms with van der Waals surface area (Å²) in [7, 11) is -2.04. The van der Waals surface area contributed by atoms with E-state index in [0.29, 0.717) is 105 Å². The van der Waals surface area contributed by atoms with Crippen LogP contribution in [0.3, 0.4) is 0 Å². The van der Waals surface area contributed by atoms with Crippen molar-refractivity contribution in [2.75, 3.05) is 25.5 Å². The third-order valence-electron chi connectivity index (χ3n) is 18.2. The van der Waals surface area contributed by atoms with Crippen molar-refractivity contribution in [3.05, 3.63) is 219 Å². The molecule has 29 heteroatoms. The topological polar surface area (TPSA) is 199 Å². The van der Waals surface area contributed by atoms with Crippen LogP contribution in [0.1, 0.15) is 162 Å². The number of amides is 8. The number of imide groups is 4. The molecule has 0 unspecified atom stereocenters. The fourth-order valence-electron chi connectivity index (χ4n) is 13.0. The first-order valence-electron chi connectivity index (χ1n) is 30.8. The van der Waals surface area contributed by atoms with E-state index in [0.717, 1.165) is 50.0 Å². The molecule has 0 radical (unpaired) electrons. The van der Waals surface area contributed by atoms with Crippen molar-refractivity contribution < 1.29 is 105 Å². The van der Waals surface area contributed by atoms with Crippen molar-refractivity contribution in [2.45, 2.75) is 126 Å². The Hall–Kier alpha value is -9.49. The minimum absolute atomic E-state index is 0.0498. The monoisotopic (exact) mass is 1440 g/mol. The van der Waals surface area contributed by atoms with Gasteiger partial charge < -0.3 is 14.3 Å². The van der Waals surface area contributed by atoms with Crippen molar-refractivity contribution in [1.29, 1.82) is 0 Å². The highest BCUT2D eigenvalue weighted by Crippen LogP contribution is 2.59. The number of hydrogen-bond donors (Lipinski definition) is 2. The van der Waals surface area contributed by atoms with Crippen LogP contribution in [0.2, 0.25) is 38.3 Å². The highest BCUT2D eigenvalue weighted by molar-refractivity contribution is 6.84. The van der Waals surface area contributed by atoms with E-state index in [4.69, 9.17) is 4.12 Å². The maximum Gasteiger partial charge on any atom is 0.411 e. The molecule has 4 aliphatic rings. The fourth-order valence-corrected chi connectivity index (χ4v) is 22.0. The van der Waals surface area contributed by atoms with Gasteiger partial charge in [-0.15, -0.1) is 26.3 Å². The van der Waals surface area contributed by atoms with Gasteiger partial charge in [-0.05, 0) is 157 Å². The summed E-state index contributed by atoms with van der Waals surface area (Å²) < 4.78 is 186. The summed E-state index contributed by atoms with van der Waals surface area (Å²) >= 11 is 0. The number of phenolic OH excluding ortho intramolecular Hbond substituents is 2. The zero-order valence-electron chi connectivity index (χ0n) is 55.9. The molecule has 0 saturated heterocycles. The molecule has 532 valence electrons. The van der Waals surface area contributed by atoms with Gasteiger partial charge in [0.1, 0.15) is 11.5 Å². The number of nitrogens with zero attached hydrogens (tertiary/aromatic N) is 4. The number of aromatic hydroxyl groups is 2. The second-order valence-corrected chi connectivity index (χ2v) is 34.6. The molecule has 4 aliphatic heterocycles. The highest BCUT2D eigenvalue weighted by atomic mass is 28.4. The van der Waals surface area contributed by atoms with Crippen LogP contribution >= 0.6 is 0 Å². The molecule has 6 aromatic carbocycles. The Bertz CT molecular complexity index is 4300. The van der Waals surface area contributed by atoms with Crippen LogP contribution in [0.5, 0.6) is 11.5 Å². The second kappa shape index (κ2) is 27.6. The first-order chi connectivity index (χ1) is 46.2. The van der Waals surface area contributed by atoms with Crippen LogP contribution in [-0.4, -0.2) is 134 Å². The predicted molar refractivity (Wildman–Crippen MR) is 352 cm³/mol. The number of fused-ring (bicyclic) bond motifs is 4. The molecule has 0 spiro atoms. The van der Waals surface area contributed by atoms with E-state index in [1.165, 1.54) is 24.3 Å². The number of unbranched alkanes of at least 4 members (excludes halogenated alkanes) is 1. The normalized spacial score (nSPS) is 15.1. The van der Waals surface area contributed by atoms with Crippen molar-refractivity contribution >= 4 is 69.6 Å². The lowest BCUT2D eigenvalue weighted by molar-refractivity contribution is -0.290. The number of aryl methyl sites for hydroxylation is 1. The second-order valence-electron chi connectivity index (χ2n) is 25.7. The minimum Gasteiger partial charge on any atom is -0.508 e. The number of phenols is 2. The molecule has 0 fully saturated rings. The third kappa shape index (κ3) is 13.2. The van der Waals surface area contributed by atoms with Crippen molar-refractivity contribution in [2.24, 2.45) is 0 Å². The number of carbonyl (C=O) groups excluding carboxylic acids is 8. The van der Waals surface area contributed by atoms with Gasteiger partial charge in [0.2, 0.25) is 10.8 Å². The van der Waals surface area contributed by atoms with E-state index in [-0.39, 0.29) is 34.7 Å². The lowest BCUT2D eigenvalue weighted by atomic mass is 9.71. The van der Waals surface area contributed by atoms with Gasteiger partial charge in [0.05, 0.1) is 50.2 Å². The Kier molecular flexibility index (Phi) is 21.5. The van der Waals surface area contributed by atoms with E-state index >= 15 is 26.3 Å². The van der Waals surface area contributed by atoms with Gasteiger partial charge in [0.15, 0.2) is 16.6 Å². The molecule has 0 atom stereocenters. The van der Waals surface area contributed by atoms with Crippen LogP contribution in [-0.2, 0) is 20.4 Å². The van der Waals surface area contributed by atoms with Crippen molar-refractivity contribution in [3.8, 4) is 11.5 Å². The van der Waals surface area contributed by atoms with Crippen LogP contribution < -0.4 is 4.90 Å².